The zero-order valence-electron chi connectivity index (χ0n) is 10.9. The molecule has 3 unspecified atom stereocenters. The van der Waals surface area contributed by atoms with Gasteiger partial charge in [-0.05, 0) is 47.7 Å². The lowest BCUT2D eigenvalue weighted by molar-refractivity contribution is 0.202. The molecule has 2 nitrogen and oxygen atoms in total. The van der Waals surface area contributed by atoms with Gasteiger partial charge in [0.25, 0.3) is 0 Å². The van der Waals surface area contributed by atoms with E-state index in [2.05, 4.69) is 35.6 Å². The Morgan fingerprint density at radius 3 is 2.88 bits per heavy atom. The van der Waals surface area contributed by atoms with Crippen LogP contribution in [0.2, 0.25) is 0 Å². The van der Waals surface area contributed by atoms with Crippen molar-refractivity contribution in [3.63, 3.8) is 0 Å². The van der Waals surface area contributed by atoms with Crippen LogP contribution >= 0.6 is 11.3 Å². The van der Waals surface area contributed by atoms with Gasteiger partial charge in [0.15, 0.2) is 0 Å². The lowest BCUT2D eigenvalue weighted by Gasteiger charge is -2.32. The van der Waals surface area contributed by atoms with Crippen LogP contribution in [-0.4, -0.2) is 24.0 Å². The second-order valence-corrected chi connectivity index (χ2v) is 5.91. The molecule has 0 bridgehead atoms. The summed E-state index contributed by atoms with van der Waals surface area (Å²) in [5, 5.41) is 4.43. The first-order chi connectivity index (χ1) is 8.26. The van der Waals surface area contributed by atoms with E-state index in [0.717, 1.165) is 12.3 Å². The summed E-state index contributed by atoms with van der Waals surface area (Å²) in [4.78, 5) is 2.60. The minimum Gasteiger partial charge on any atom is -0.326 e. The Hall–Kier alpha value is -0.380. The highest BCUT2D eigenvalue weighted by Gasteiger charge is 2.31. The first kappa shape index (κ1) is 13.1. The van der Waals surface area contributed by atoms with Crippen LogP contribution < -0.4 is 5.73 Å². The van der Waals surface area contributed by atoms with E-state index < -0.39 is 0 Å². The van der Waals surface area contributed by atoms with Gasteiger partial charge in [0.05, 0.1) is 6.04 Å². The van der Waals surface area contributed by atoms with E-state index in [1.807, 2.05) is 0 Å². The maximum atomic E-state index is 6.34. The molecule has 1 aliphatic heterocycles. The average molecular weight is 252 g/mol. The number of nitrogens with zero attached hydrogens (tertiary/aromatic N) is 1. The summed E-state index contributed by atoms with van der Waals surface area (Å²) < 4.78 is 0. The number of hydrogen-bond acceptors (Lipinski definition) is 3. The van der Waals surface area contributed by atoms with E-state index in [1.54, 1.807) is 11.3 Å². The van der Waals surface area contributed by atoms with Gasteiger partial charge < -0.3 is 5.73 Å². The molecule has 2 heterocycles. The summed E-state index contributed by atoms with van der Waals surface area (Å²) in [5.74, 6) is 0.875. The molecule has 2 N–H and O–H groups in total. The maximum absolute atomic E-state index is 6.34. The zero-order valence-corrected chi connectivity index (χ0v) is 11.7. The number of thiophene rings is 1. The van der Waals surface area contributed by atoms with Gasteiger partial charge >= 0.3 is 0 Å². The third kappa shape index (κ3) is 2.90. The number of hydrogen-bond donors (Lipinski definition) is 1. The van der Waals surface area contributed by atoms with Crippen molar-refractivity contribution in [3.05, 3.63) is 22.4 Å². The number of likely N-dealkylation sites (tertiary alicyclic amines) is 1. The van der Waals surface area contributed by atoms with Gasteiger partial charge in [-0.1, -0.05) is 20.3 Å². The normalized spacial score (nSPS) is 25.0. The maximum Gasteiger partial charge on any atom is 0.0507 e. The fraction of sp³-hybridized carbons (Fsp3) is 0.714. The van der Waals surface area contributed by atoms with Gasteiger partial charge in [0.2, 0.25) is 0 Å². The molecule has 2 rings (SSSR count). The highest BCUT2D eigenvalue weighted by molar-refractivity contribution is 7.07. The van der Waals surface area contributed by atoms with Crippen LogP contribution in [0.3, 0.4) is 0 Å². The van der Waals surface area contributed by atoms with E-state index in [0.29, 0.717) is 6.04 Å². The van der Waals surface area contributed by atoms with E-state index in [9.17, 15) is 0 Å². The summed E-state index contributed by atoms with van der Waals surface area (Å²) in [6.45, 7) is 6.93. The monoisotopic (exact) mass is 252 g/mol. The molecule has 1 aromatic rings. The molecule has 1 aliphatic rings. The van der Waals surface area contributed by atoms with Gasteiger partial charge in [-0.25, -0.2) is 0 Å². The Balaban J connectivity index is 2.11. The Morgan fingerprint density at radius 1 is 1.53 bits per heavy atom. The highest BCUT2D eigenvalue weighted by Crippen LogP contribution is 2.32. The lowest BCUT2D eigenvalue weighted by atomic mass is 9.99. The first-order valence-corrected chi connectivity index (χ1v) is 7.72. The van der Waals surface area contributed by atoms with E-state index in [1.165, 1.54) is 31.5 Å². The molecule has 3 atom stereocenters. The van der Waals surface area contributed by atoms with Crippen LogP contribution in [0.25, 0.3) is 0 Å². The summed E-state index contributed by atoms with van der Waals surface area (Å²) >= 11 is 1.78. The first-order valence-electron chi connectivity index (χ1n) is 6.78. The van der Waals surface area contributed by atoms with E-state index in [-0.39, 0.29) is 6.04 Å². The van der Waals surface area contributed by atoms with Gasteiger partial charge in [-0.3, -0.25) is 4.90 Å². The summed E-state index contributed by atoms with van der Waals surface area (Å²) in [5.41, 5.74) is 7.76. The molecule has 3 heteroatoms. The molecule has 0 spiro atoms. The Labute approximate surface area is 109 Å². The van der Waals surface area contributed by atoms with Crippen molar-refractivity contribution in [2.45, 2.75) is 45.2 Å². The van der Waals surface area contributed by atoms with Gasteiger partial charge in [-0.15, -0.1) is 0 Å². The summed E-state index contributed by atoms with van der Waals surface area (Å²) in [7, 11) is 0. The topological polar surface area (TPSA) is 29.3 Å². The van der Waals surface area contributed by atoms with Crippen molar-refractivity contribution in [3.8, 4) is 0 Å². The lowest BCUT2D eigenvalue weighted by Crippen LogP contribution is -2.39. The summed E-state index contributed by atoms with van der Waals surface area (Å²) in [6, 6.07) is 2.94. The van der Waals surface area contributed by atoms with E-state index >= 15 is 0 Å². The van der Waals surface area contributed by atoms with Crippen molar-refractivity contribution in [1.29, 1.82) is 0 Å². The molecule has 1 saturated heterocycles. The molecule has 0 saturated carbocycles. The molecule has 0 radical (unpaired) electrons. The Bertz CT molecular complexity index is 323. The van der Waals surface area contributed by atoms with Crippen molar-refractivity contribution in [2.75, 3.05) is 13.1 Å². The molecular formula is C14H24N2S. The number of nitrogens with two attached hydrogens (primary N) is 1. The average Bonchev–Trinajstić information content (AvgIpc) is 3.00. The smallest absolute Gasteiger partial charge is 0.0507 e. The van der Waals surface area contributed by atoms with Crippen molar-refractivity contribution >= 4 is 11.3 Å². The van der Waals surface area contributed by atoms with Crippen LogP contribution in [0.5, 0.6) is 0 Å². The molecule has 1 aromatic heterocycles. The Morgan fingerprint density at radius 2 is 2.35 bits per heavy atom. The van der Waals surface area contributed by atoms with E-state index in [4.69, 9.17) is 5.73 Å². The summed E-state index contributed by atoms with van der Waals surface area (Å²) in [6.07, 6.45) is 3.69. The van der Waals surface area contributed by atoms with Crippen LogP contribution in [0, 0.1) is 5.92 Å². The molecule has 0 aromatic carbocycles. The largest absolute Gasteiger partial charge is 0.326 e. The minimum absolute atomic E-state index is 0.264. The van der Waals surface area contributed by atoms with Crippen LogP contribution in [0.1, 0.15) is 44.7 Å². The van der Waals surface area contributed by atoms with Gasteiger partial charge in [0.1, 0.15) is 0 Å². The zero-order chi connectivity index (χ0) is 12.3. The predicted octanol–water partition coefficient (Wildman–Crippen LogP) is 3.26. The quantitative estimate of drug-likeness (QED) is 0.871. The molecule has 0 amide bonds. The molecule has 1 fully saturated rings. The SMILES string of the molecule is CCC1CCN(C(c2ccsc2)C(N)CC)C1. The second-order valence-electron chi connectivity index (χ2n) is 5.13. The molecule has 96 valence electrons. The standard InChI is InChI=1S/C14H24N2S/c1-3-11-5-7-16(9-11)14(13(15)4-2)12-6-8-17-10-12/h6,8,10-11,13-14H,3-5,7,9,15H2,1-2H3. The minimum atomic E-state index is 0.264. The second kappa shape index (κ2) is 5.98. The van der Waals surface area contributed by atoms with Crippen LogP contribution in [-0.2, 0) is 0 Å². The number of rotatable bonds is 5. The molecular weight excluding hydrogens is 228 g/mol. The third-order valence-electron chi connectivity index (χ3n) is 4.05. The fourth-order valence-corrected chi connectivity index (χ4v) is 3.53. The van der Waals surface area contributed by atoms with Crippen molar-refractivity contribution < 1.29 is 0 Å². The van der Waals surface area contributed by atoms with Crippen LogP contribution in [0.15, 0.2) is 16.8 Å². The fourth-order valence-electron chi connectivity index (χ4n) is 2.84. The van der Waals surface area contributed by atoms with Gasteiger partial charge in [0, 0.05) is 12.6 Å². The third-order valence-corrected chi connectivity index (χ3v) is 4.75. The Kier molecular flexibility index (Phi) is 4.60. The van der Waals surface area contributed by atoms with Crippen LogP contribution in [0.4, 0.5) is 0 Å². The van der Waals surface area contributed by atoms with Gasteiger partial charge in [-0.2, -0.15) is 11.3 Å². The highest BCUT2D eigenvalue weighted by atomic mass is 32.1. The van der Waals surface area contributed by atoms with Crippen molar-refractivity contribution in [1.82, 2.24) is 4.90 Å². The van der Waals surface area contributed by atoms with Crippen molar-refractivity contribution in [2.24, 2.45) is 11.7 Å². The molecule has 17 heavy (non-hydrogen) atoms. The predicted molar refractivity (Wildman–Crippen MR) is 75.3 cm³/mol. The molecule has 0 aliphatic carbocycles.